The number of hydrogen-bond donors (Lipinski definition) is 0. The summed E-state index contributed by atoms with van der Waals surface area (Å²) < 4.78 is 0. The van der Waals surface area contributed by atoms with Crippen molar-refractivity contribution >= 4 is 5.91 Å². The van der Waals surface area contributed by atoms with Crippen molar-refractivity contribution in [3.05, 3.63) is 0 Å². The van der Waals surface area contributed by atoms with Gasteiger partial charge in [0.2, 0.25) is 5.91 Å². The fourth-order valence-corrected chi connectivity index (χ4v) is 1.62. The minimum absolute atomic E-state index is 0.0174. The van der Waals surface area contributed by atoms with Gasteiger partial charge in [-0.2, -0.15) is 0 Å². The Morgan fingerprint density at radius 3 is 1.91 bits per heavy atom. The van der Waals surface area contributed by atoms with Gasteiger partial charge in [-0.15, -0.1) is 0 Å². The maximum absolute atomic E-state index is 11.6. The van der Waals surface area contributed by atoms with Crippen LogP contribution in [0.25, 0.3) is 0 Å². The molecule has 0 heterocycles. The van der Waals surface area contributed by atoms with Gasteiger partial charge in [-0.05, 0) is 18.8 Å². The van der Waals surface area contributed by atoms with Gasteiger partial charge in [0.05, 0.1) is 5.41 Å². The molecule has 0 aromatic heterocycles. The molecule has 0 bridgehead atoms. The van der Waals surface area contributed by atoms with Gasteiger partial charge < -0.3 is 4.90 Å². The van der Waals surface area contributed by atoms with Gasteiger partial charge in [0.1, 0.15) is 0 Å². The van der Waals surface area contributed by atoms with Gasteiger partial charge in [-0.25, -0.2) is 0 Å². The third-order valence-electron chi connectivity index (χ3n) is 2.73. The molecule has 1 fully saturated rings. The fourth-order valence-electron chi connectivity index (χ4n) is 1.62. The first-order chi connectivity index (χ1) is 5.00. The van der Waals surface area contributed by atoms with E-state index in [0.29, 0.717) is 11.8 Å². The summed E-state index contributed by atoms with van der Waals surface area (Å²) in [5, 5.41) is 0. The van der Waals surface area contributed by atoms with Crippen molar-refractivity contribution in [2.24, 2.45) is 11.3 Å². The van der Waals surface area contributed by atoms with E-state index in [2.05, 4.69) is 13.8 Å². The normalized spacial score (nSPS) is 20.1. The van der Waals surface area contributed by atoms with E-state index in [-0.39, 0.29) is 5.41 Å². The molecule has 0 N–H and O–H groups in total. The predicted octanol–water partition coefficient (Wildman–Crippen LogP) is 1.51. The molecule has 0 unspecified atom stereocenters. The highest BCUT2D eigenvalue weighted by atomic mass is 16.2. The van der Waals surface area contributed by atoms with Gasteiger partial charge in [-0.3, -0.25) is 4.79 Å². The van der Waals surface area contributed by atoms with Crippen LogP contribution in [0.2, 0.25) is 0 Å². The molecule has 1 aliphatic rings. The second-order valence-corrected chi connectivity index (χ2v) is 4.01. The summed E-state index contributed by atoms with van der Waals surface area (Å²) in [6, 6.07) is 0. The summed E-state index contributed by atoms with van der Waals surface area (Å²) in [6.07, 6.45) is 2.17. The standard InChI is InChI=1S/C9H17NO/c1-7(2)9(5-6-9)8(11)10(3)4/h7H,5-6H2,1-4H3. The molecule has 1 rings (SSSR count). The molecule has 2 nitrogen and oxygen atoms in total. The molecule has 0 aromatic carbocycles. The summed E-state index contributed by atoms with van der Waals surface area (Å²) >= 11 is 0. The number of hydrogen-bond acceptors (Lipinski definition) is 1. The Morgan fingerprint density at radius 1 is 1.36 bits per heavy atom. The predicted molar refractivity (Wildman–Crippen MR) is 45.2 cm³/mol. The van der Waals surface area contributed by atoms with Crippen LogP contribution in [0.3, 0.4) is 0 Å². The minimum atomic E-state index is 0.0174. The van der Waals surface area contributed by atoms with Crippen molar-refractivity contribution in [1.82, 2.24) is 4.90 Å². The molecule has 11 heavy (non-hydrogen) atoms. The van der Waals surface area contributed by atoms with Crippen LogP contribution in [0.1, 0.15) is 26.7 Å². The second-order valence-electron chi connectivity index (χ2n) is 4.01. The molecule has 0 aromatic rings. The summed E-state index contributed by atoms with van der Waals surface area (Å²) in [5.41, 5.74) is 0.0174. The zero-order valence-corrected chi connectivity index (χ0v) is 7.85. The molecule has 0 atom stereocenters. The van der Waals surface area contributed by atoms with Gasteiger partial charge in [0.15, 0.2) is 0 Å². The van der Waals surface area contributed by atoms with Crippen molar-refractivity contribution < 1.29 is 4.79 Å². The van der Waals surface area contributed by atoms with E-state index in [4.69, 9.17) is 0 Å². The van der Waals surface area contributed by atoms with E-state index in [1.807, 2.05) is 14.1 Å². The Hall–Kier alpha value is -0.530. The van der Waals surface area contributed by atoms with Crippen LogP contribution in [0.15, 0.2) is 0 Å². The maximum atomic E-state index is 11.6. The molecule has 1 amide bonds. The Labute approximate surface area is 68.6 Å². The Bertz CT molecular complexity index is 168. The zero-order chi connectivity index (χ0) is 8.65. The number of nitrogens with zero attached hydrogens (tertiary/aromatic N) is 1. The molecule has 64 valence electrons. The van der Waals surface area contributed by atoms with Crippen LogP contribution >= 0.6 is 0 Å². The lowest BCUT2D eigenvalue weighted by atomic mass is 9.91. The van der Waals surface area contributed by atoms with E-state index < -0.39 is 0 Å². The number of carbonyl (C=O) groups is 1. The highest BCUT2D eigenvalue weighted by Crippen LogP contribution is 2.52. The lowest BCUT2D eigenvalue weighted by molar-refractivity contribution is -0.136. The average molecular weight is 155 g/mol. The quantitative estimate of drug-likeness (QED) is 0.592. The molecular weight excluding hydrogens is 138 g/mol. The summed E-state index contributed by atoms with van der Waals surface area (Å²) in [5.74, 6) is 0.810. The zero-order valence-electron chi connectivity index (χ0n) is 7.85. The topological polar surface area (TPSA) is 20.3 Å². The summed E-state index contributed by atoms with van der Waals surface area (Å²) in [4.78, 5) is 13.3. The molecule has 2 heteroatoms. The molecule has 0 radical (unpaired) electrons. The van der Waals surface area contributed by atoms with Crippen molar-refractivity contribution in [3.8, 4) is 0 Å². The maximum Gasteiger partial charge on any atom is 0.228 e. The number of rotatable bonds is 2. The van der Waals surface area contributed by atoms with Gasteiger partial charge in [0, 0.05) is 14.1 Å². The van der Waals surface area contributed by atoms with Crippen LogP contribution < -0.4 is 0 Å². The monoisotopic (exact) mass is 155 g/mol. The number of carbonyl (C=O) groups excluding carboxylic acids is 1. The van der Waals surface area contributed by atoms with E-state index in [1.165, 1.54) is 0 Å². The van der Waals surface area contributed by atoms with Crippen LogP contribution in [0.5, 0.6) is 0 Å². The van der Waals surface area contributed by atoms with Gasteiger partial charge >= 0.3 is 0 Å². The van der Waals surface area contributed by atoms with E-state index in [0.717, 1.165) is 12.8 Å². The third-order valence-corrected chi connectivity index (χ3v) is 2.73. The van der Waals surface area contributed by atoms with Crippen molar-refractivity contribution in [3.63, 3.8) is 0 Å². The highest BCUT2D eigenvalue weighted by molar-refractivity contribution is 5.85. The molecule has 0 aliphatic heterocycles. The first kappa shape index (κ1) is 8.57. The van der Waals surface area contributed by atoms with Gasteiger partial charge in [-0.1, -0.05) is 13.8 Å². The SMILES string of the molecule is CC(C)C1(C(=O)N(C)C)CC1. The third kappa shape index (κ3) is 1.26. The second kappa shape index (κ2) is 2.50. The van der Waals surface area contributed by atoms with Crippen LogP contribution in [0.4, 0.5) is 0 Å². The van der Waals surface area contributed by atoms with E-state index in [9.17, 15) is 4.79 Å². The Balaban J connectivity index is 2.66. The van der Waals surface area contributed by atoms with Crippen molar-refractivity contribution in [1.29, 1.82) is 0 Å². The van der Waals surface area contributed by atoms with Crippen LogP contribution in [0, 0.1) is 11.3 Å². The first-order valence-corrected chi connectivity index (χ1v) is 4.22. The Morgan fingerprint density at radius 2 is 1.82 bits per heavy atom. The van der Waals surface area contributed by atoms with Crippen LogP contribution in [-0.2, 0) is 4.79 Å². The summed E-state index contributed by atoms with van der Waals surface area (Å²) in [6.45, 7) is 4.27. The first-order valence-electron chi connectivity index (χ1n) is 4.22. The largest absolute Gasteiger partial charge is 0.348 e. The molecule has 1 saturated carbocycles. The van der Waals surface area contributed by atoms with Crippen molar-refractivity contribution in [2.75, 3.05) is 14.1 Å². The van der Waals surface area contributed by atoms with Gasteiger partial charge in [0.25, 0.3) is 0 Å². The molecule has 1 aliphatic carbocycles. The highest BCUT2D eigenvalue weighted by Gasteiger charge is 2.52. The average Bonchev–Trinajstić information content (AvgIpc) is 2.65. The minimum Gasteiger partial charge on any atom is -0.348 e. The lowest BCUT2D eigenvalue weighted by Crippen LogP contribution is -2.33. The molecular formula is C9H17NO. The van der Waals surface area contributed by atoms with E-state index >= 15 is 0 Å². The molecule has 0 spiro atoms. The van der Waals surface area contributed by atoms with Crippen molar-refractivity contribution in [2.45, 2.75) is 26.7 Å². The fraction of sp³-hybridized carbons (Fsp3) is 0.889. The number of amides is 1. The van der Waals surface area contributed by atoms with Crippen LogP contribution in [-0.4, -0.2) is 24.9 Å². The Kier molecular flexibility index (Phi) is 1.95. The van der Waals surface area contributed by atoms with E-state index in [1.54, 1.807) is 4.90 Å². The lowest BCUT2D eigenvalue weighted by Gasteiger charge is -2.22. The molecule has 0 saturated heterocycles. The summed E-state index contributed by atoms with van der Waals surface area (Å²) in [7, 11) is 3.68. The smallest absolute Gasteiger partial charge is 0.228 e.